The summed E-state index contributed by atoms with van der Waals surface area (Å²) >= 11 is 0. The van der Waals surface area contributed by atoms with Crippen molar-refractivity contribution in [1.82, 2.24) is 5.32 Å². The first-order valence-corrected chi connectivity index (χ1v) is 6.03. The van der Waals surface area contributed by atoms with Gasteiger partial charge in [0.2, 0.25) is 0 Å². The molecule has 0 amide bonds. The number of rotatable bonds is 0. The minimum absolute atomic E-state index is 0.0453. The molecule has 0 saturated carbocycles. The van der Waals surface area contributed by atoms with E-state index in [1.165, 1.54) is 0 Å². The Morgan fingerprint density at radius 2 is 1.84 bits per heavy atom. The molecular weight excluding hydrogens is 238 g/mol. The van der Waals surface area contributed by atoms with Gasteiger partial charge in [-0.3, -0.25) is 0 Å². The zero-order chi connectivity index (χ0) is 14.4. The van der Waals surface area contributed by atoms with Crippen molar-refractivity contribution in [2.24, 2.45) is 17.1 Å². The molecule has 96 valence electrons. The third kappa shape index (κ3) is 1.58. The van der Waals surface area contributed by atoms with Gasteiger partial charge < -0.3 is 11.1 Å². The molecule has 3 aliphatic rings. The van der Waals surface area contributed by atoms with E-state index in [-0.39, 0.29) is 16.9 Å². The van der Waals surface area contributed by atoms with Crippen LogP contribution in [0.25, 0.3) is 0 Å². The number of allylic oxidation sites excluding steroid dienone is 1. The molecule has 5 nitrogen and oxygen atoms in total. The van der Waals surface area contributed by atoms with Crippen molar-refractivity contribution in [2.75, 3.05) is 0 Å². The molecule has 0 aromatic rings. The number of hydrogen-bond donors (Lipinski definition) is 2. The fourth-order valence-electron chi connectivity index (χ4n) is 3.55. The lowest BCUT2D eigenvalue weighted by atomic mass is 9.57. The minimum atomic E-state index is -0.606. The van der Waals surface area contributed by atoms with Gasteiger partial charge in [0.25, 0.3) is 0 Å². The lowest BCUT2D eigenvalue weighted by Gasteiger charge is -2.55. The van der Waals surface area contributed by atoms with Gasteiger partial charge in [-0.2, -0.15) is 15.8 Å². The molecule has 0 aromatic carbocycles. The smallest absolute Gasteiger partial charge is 0.149 e. The van der Waals surface area contributed by atoms with Gasteiger partial charge in [-0.15, -0.1) is 0 Å². The van der Waals surface area contributed by atoms with Gasteiger partial charge in [0.1, 0.15) is 17.7 Å². The average molecular weight is 253 g/mol. The van der Waals surface area contributed by atoms with Crippen LogP contribution >= 0.6 is 0 Å². The molecular formula is C14H15N5. The number of hydrogen-bond acceptors (Lipinski definition) is 5. The molecule has 3 N–H and O–H groups in total. The van der Waals surface area contributed by atoms with Gasteiger partial charge in [-0.05, 0) is 18.8 Å². The van der Waals surface area contributed by atoms with E-state index in [2.05, 4.69) is 11.4 Å². The van der Waals surface area contributed by atoms with E-state index in [1.54, 1.807) is 0 Å². The summed E-state index contributed by atoms with van der Waals surface area (Å²) in [6, 6.07) is 5.98. The number of piperidine rings is 1. The Labute approximate surface area is 112 Å². The first kappa shape index (κ1) is 13.0. The molecule has 2 atom stereocenters. The van der Waals surface area contributed by atoms with E-state index in [0.29, 0.717) is 17.0 Å². The van der Waals surface area contributed by atoms with Gasteiger partial charge in [0, 0.05) is 17.3 Å². The highest BCUT2D eigenvalue weighted by Gasteiger charge is 2.55. The highest BCUT2D eigenvalue weighted by Crippen LogP contribution is 2.54. The van der Waals surface area contributed by atoms with E-state index < -0.39 is 5.54 Å². The Morgan fingerprint density at radius 3 is 2.26 bits per heavy atom. The molecule has 19 heavy (non-hydrogen) atoms. The van der Waals surface area contributed by atoms with Crippen LogP contribution in [0.1, 0.15) is 27.2 Å². The van der Waals surface area contributed by atoms with Crippen molar-refractivity contribution in [2.45, 2.75) is 32.7 Å². The number of nitrogens with two attached hydrogens (primary N) is 1. The minimum Gasteiger partial charge on any atom is -0.401 e. The van der Waals surface area contributed by atoms with E-state index in [0.717, 1.165) is 6.42 Å². The van der Waals surface area contributed by atoms with Crippen molar-refractivity contribution in [1.29, 1.82) is 15.8 Å². The summed E-state index contributed by atoms with van der Waals surface area (Å²) in [6.45, 7) is 5.98. The molecule has 0 unspecified atom stereocenters. The van der Waals surface area contributed by atoms with Crippen LogP contribution in [0.2, 0.25) is 0 Å². The summed E-state index contributed by atoms with van der Waals surface area (Å²) in [5.74, 6) is -0.279. The van der Waals surface area contributed by atoms with E-state index in [9.17, 15) is 5.26 Å². The van der Waals surface area contributed by atoms with E-state index in [4.69, 9.17) is 16.3 Å². The maximum atomic E-state index is 9.28. The van der Waals surface area contributed by atoms with Crippen molar-refractivity contribution in [3.05, 3.63) is 22.5 Å². The molecule has 2 aliphatic heterocycles. The van der Waals surface area contributed by atoms with Gasteiger partial charge in [-0.1, -0.05) is 13.8 Å². The largest absolute Gasteiger partial charge is 0.401 e. The maximum absolute atomic E-state index is 9.28. The van der Waals surface area contributed by atoms with Crippen LogP contribution in [-0.4, -0.2) is 5.54 Å². The quantitative estimate of drug-likeness (QED) is 0.634. The van der Waals surface area contributed by atoms with E-state index in [1.807, 2.05) is 32.9 Å². The van der Waals surface area contributed by atoms with Crippen LogP contribution in [0.3, 0.4) is 0 Å². The number of fused-ring (bicyclic) bond motifs is 2. The predicted molar refractivity (Wildman–Crippen MR) is 68.5 cm³/mol. The molecule has 5 heteroatoms. The molecule has 0 spiro atoms. The molecule has 0 radical (unpaired) electrons. The number of nitrogens with one attached hydrogen (secondary N) is 1. The summed E-state index contributed by atoms with van der Waals surface area (Å²) in [7, 11) is 0. The van der Waals surface area contributed by atoms with Crippen LogP contribution < -0.4 is 11.1 Å². The second-order valence-corrected chi connectivity index (χ2v) is 6.01. The van der Waals surface area contributed by atoms with Gasteiger partial charge in [0.15, 0.2) is 0 Å². The average Bonchev–Trinajstić information content (AvgIpc) is 2.27. The van der Waals surface area contributed by atoms with Gasteiger partial charge in [-0.25, -0.2) is 0 Å². The maximum Gasteiger partial charge on any atom is 0.149 e. The van der Waals surface area contributed by atoms with Crippen LogP contribution in [0.15, 0.2) is 22.5 Å². The summed E-state index contributed by atoms with van der Waals surface area (Å²) in [4.78, 5) is 0. The fourth-order valence-corrected chi connectivity index (χ4v) is 3.55. The summed E-state index contributed by atoms with van der Waals surface area (Å²) in [5, 5.41) is 30.6. The van der Waals surface area contributed by atoms with Crippen LogP contribution in [0, 0.1) is 45.3 Å². The molecule has 2 bridgehead atoms. The summed E-state index contributed by atoms with van der Waals surface area (Å²) in [5.41, 5.74) is 6.95. The first-order chi connectivity index (χ1) is 8.80. The molecule has 0 aromatic heterocycles. The summed E-state index contributed by atoms with van der Waals surface area (Å²) in [6.07, 6.45) is 0.738. The predicted octanol–water partition coefficient (Wildman–Crippen LogP) is 1.43. The zero-order valence-corrected chi connectivity index (χ0v) is 11.2. The second kappa shape index (κ2) is 3.77. The normalized spacial score (nSPS) is 30.9. The molecule has 1 aliphatic carbocycles. The SMILES string of the molecule is CC1(C)C[C@@]2(C)NC(=C(C#N)C#N)[C@@H]1C(N)=C2C#N. The summed E-state index contributed by atoms with van der Waals surface area (Å²) < 4.78 is 0. The highest BCUT2D eigenvalue weighted by molar-refractivity contribution is 5.54. The molecule has 3 rings (SSSR count). The standard InChI is InChI=1S/C14H15N5/c1-13(2)7-14(3)9(6-17)11(18)10(13)12(19-14)8(4-15)5-16/h10,19H,7,18H2,1-3H3/t10-,14+/m0/s1. The Hall–Kier alpha value is -2.45. The van der Waals surface area contributed by atoms with Gasteiger partial charge >= 0.3 is 0 Å². The fraction of sp³-hybridized carbons (Fsp3) is 0.500. The monoisotopic (exact) mass is 253 g/mol. The van der Waals surface area contributed by atoms with Crippen molar-refractivity contribution in [3.8, 4) is 18.2 Å². The lowest BCUT2D eigenvalue weighted by molar-refractivity contribution is 0.123. The van der Waals surface area contributed by atoms with Crippen molar-refractivity contribution in [3.63, 3.8) is 0 Å². The lowest BCUT2D eigenvalue weighted by Crippen LogP contribution is -2.61. The molecule has 1 fully saturated rings. The zero-order valence-electron chi connectivity index (χ0n) is 11.2. The van der Waals surface area contributed by atoms with Crippen molar-refractivity contribution >= 4 is 0 Å². The van der Waals surface area contributed by atoms with Crippen LogP contribution in [0.4, 0.5) is 0 Å². The molecule has 2 heterocycles. The Bertz CT molecular complexity index is 616. The van der Waals surface area contributed by atoms with E-state index >= 15 is 0 Å². The third-order valence-electron chi connectivity index (χ3n) is 4.05. The Balaban J connectivity index is 2.78. The Morgan fingerprint density at radius 1 is 1.26 bits per heavy atom. The second-order valence-electron chi connectivity index (χ2n) is 6.01. The number of nitriles is 3. The Kier molecular flexibility index (Phi) is 2.58. The van der Waals surface area contributed by atoms with Crippen molar-refractivity contribution < 1.29 is 0 Å². The van der Waals surface area contributed by atoms with Crippen LogP contribution in [0.5, 0.6) is 0 Å². The van der Waals surface area contributed by atoms with Crippen LogP contribution in [-0.2, 0) is 0 Å². The molecule has 1 saturated heterocycles. The topological polar surface area (TPSA) is 109 Å². The highest BCUT2D eigenvalue weighted by atomic mass is 15.1. The third-order valence-corrected chi connectivity index (χ3v) is 4.05. The first-order valence-electron chi connectivity index (χ1n) is 6.03. The van der Waals surface area contributed by atoms with Gasteiger partial charge in [0.05, 0.1) is 17.2 Å². The number of nitrogens with zero attached hydrogens (tertiary/aromatic N) is 3.